The van der Waals surface area contributed by atoms with Crippen LogP contribution in [-0.2, 0) is 4.74 Å². The zero-order valence-electron chi connectivity index (χ0n) is 15.5. The Labute approximate surface area is 146 Å². The Morgan fingerprint density at radius 3 is 2.78 bits per heavy atom. The van der Waals surface area contributed by atoms with Crippen molar-refractivity contribution in [1.82, 2.24) is 10.2 Å². The molecule has 1 amide bonds. The molecule has 23 heavy (non-hydrogen) atoms. The zero-order valence-corrected chi connectivity index (χ0v) is 16.3. The van der Waals surface area contributed by atoms with Crippen molar-refractivity contribution in [2.45, 2.75) is 77.2 Å². The molecule has 0 radical (unpaired) electrons. The van der Waals surface area contributed by atoms with Gasteiger partial charge in [0, 0.05) is 30.9 Å². The number of hydrogen-bond acceptors (Lipinski definition) is 4. The smallest absolute Gasteiger partial charge is 0.410 e. The summed E-state index contributed by atoms with van der Waals surface area (Å²) in [4.78, 5) is 14.2. The Balaban J connectivity index is 1.86. The van der Waals surface area contributed by atoms with Gasteiger partial charge in [-0.3, -0.25) is 0 Å². The van der Waals surface area contributed by atoms with E-state index in [0.717, 1.165) is 26.1 Å². The van der Waals surface area contributed by atoms with Crippen LogP contribution in [0.15, 0.2) is 0 Å². The van der Waals surface area contributed by atoms with Crippen LogP contribution in [0.2, 0.25) is 0 Å². The average Bonchev–Trinajstić information content (AvgIpc) is 2.45. The Morgan fingerprint density at radius 2 is 2.13 bits per heavy atom. The Kier molecular flexibility index (Phi) is 6.28. The lowest BCUT2D eigenvalue weighted by molar-refractivity contribution is 0.00643. The molecule has 0 saturated carbocycles. The van der Waals surface area contributed by atoms with Gasteiger partial charge in [0.05, 0.1) is 0 Å². The normalized spacial score (nSPS) is 32.7. The lowest BCUT2D eigenvalue weighted by Gasteiger charge is -2.42. The van der Waals surface area contributed by atoms with Crippen LogP contribution in [0, 0.1) is 5.41 Å². The molecule has 2 aliphatic rings. The number of carbonyl (C=O) groups excluding carboxylic acids is 1. The fourth-order valence-corrected chi connectivity index (χ4v) is 4.68. The van der Waals surface area contributed by atoms with Gasteiger partial charge >= 0.3 is 6.09 Å². The highest BCUT2D eigenvalue weighted by Crippen LogP contribution is 2.31. The number of amides is 1. The lowest BCUT2D eigenvalue weighted by Crippen LogP contribution is -2.52. The van der Waals surface area contributed by atoms with Crippen molar-refractivity contribution in [3.63, 3.8) is 0 Å². The van der Waals surface area contributed by atoms with Crippen molar-refractivity contribution in [2.75, 3.05) is 25.4 Å². The predicted octanol–water partition coefficient (Wildman–Crippen LogP) is 3.90. The molecule has 0 spiro atoms. The highest BCUT2D eigenvalue weighted by molar-refractivity contribution is 7.99. The lowest BCUT2D eigenvalue weighted by atomic mass is 9.81. The van der Waals surface area contributed by atoms with Gasteiger partial charge in [-0.2, -0.15) is 11.8 Å². The molecule has 2 saturated heterocycles. The first-order valence-corrected chi connectivity index (χ1v) is 10.1. The molecule has 4 nitrogen and oxygen atoms in total. The van der Waals surface area contributed by atoms with E-state index >= 15 is 0 Å². The van der Waals surface area contributed by atoms with Crippen LogP contribution < -0.4 is 5.32 Å². The molecule has 0 aromatic carbocycles. The second kappa shape index (κ2) is 7.64. The first-order valence-electron chi connectivity index (χ1n) is 9.01. The highest BCUT2D eigenvalue weighted by Gasteiger charge is 2.35. The van der Waals surface area contributed by atoms with Crippen LogP contribution in [-0.4, -0.2) is 53.3 Å². The van der Waals surface area contributed by atoms with Gasteiger partial charge in [0.25, 0.3) is 0 Å². The number of nitrogens with one attached hydrogen (secondary N) is 1. The molecule has 2 rings (SSSR count). The topological polar surface area (TPSA) is 41.6 Å². The van der Waals surface area contributed by atoms with Crippen LogP contribution in [0.3, 0.4) is 0 Å². The fourth-order valence-electron chi connectivity index (χ4n) is 3.51. The minimum absolute atomic E-state index is 0.150. The van der Waals surface area contributed by atoms with E-state index < -0.39 is 5.60 Å². The van der Waals surface area contributed by atoms with E-state index in [4.69, 9.17) is 4.74 Å². The van der Waals surface area contributed by atoms with Crippen molar-refractivity contribution in [3.8, 4) is 0 Å². The van der Waals surface area contributed by atoms with Crippen molar-refractivity contribution >= 4 is 17.9 Å². The average molecular weight is 343 g/mol. The number of carbonyl (C=O) groups is 1. The van der Waals surface area contributed by atoms with Crippen molar-refractivity contribution in [2.24, 2.45) is 5.41 Å². The summed E-state index contributed by atoms with van der Waals surface area (Å²) in [5.74, 6) is 1.29. The van der Waals surface area contributed by atoms with Gasteiger partial charge in [-0.05, 0) is 57.6 Å². The number of ether oxygens (including phenoxy) is 1. The Bertz CT molecular complexity index is 410. The van der Waals surface area contributed by atoms with E-state index in [1.165, 1.54) is 25.0 Å². The van der Waals surface area contributed by atoms with Crippen molar-refractivity contribution in [1.29, 1.82) is 0 Å². The van der Waals surface area contributed by atoms with Gasteiger partial charge in [0.1, 0.15) is 5.60 Å². The van der Waals surface area contributed by atoms with Gasteiger partial charge in [0.15, 0.2) is 0 Å². The van der Waals surface area contributed by atoms with Gasteiger partial charge in [-0.15, -0.1) is 0 Å². The molecular formula is C18H34N2O2S. The van der Waals surface area contributed by atoms with Crippen molar-refractivity contribution < 1.29 is 9.53 Å². The van der Waals surface area contributed by atoms with E-state index in [-0.39, 0.29) is 11.5 Å². The second-order valence-corrected chi connectivity index (χ2v) is 10.0. The molecule has 5 heteroatoms. The number of hydrogen-bond donors (Lipinski definition) is 1. The SMILES string of the molecule is CC1SCCCC1NCC1(C)CCCN(C(=O)OC(C)(C)C)C1. The molecule has 0 aromatic heterocycles. The second-order valence-electron chi connectivity index (χ2n) is 8.52. The fraction of sp³-hybridized carbons (Fsp3) is 0.944. The third kappa shape index (κ3) is 5.86. The summed E-state index contributed by atoms with van der Waals surface area (Å²) in [5, 5.41) is 4.48. The molecule has 2 aliphatic heterocycles. The predicted molar refractivity (Wildman–Crippen MR) is 98.1 cm³/mol. The molecular weight excluding hydrogens is 308 g/mol. The van der Waals surface area contributed by atoms with E-state index in [9.17, 15) is 4.79 Å². The van der Waals surface area contributed by atoms with Crippen LogP contribution >= 0.6 is 11.8 Å². The maximum Gasteiger partial charge on any atom is 0.410 e. The maximum absolute atomic E-state index is 12.3. The summed E-state index contributed by atoms with van der Waals surface area (Å²) in [7, 11) is 0. The number of nitrogens with zero attached hydrogens (tertiary/aromatic N) is 1. The van der Waals surface area contributed by atoms with Crippen LogP contribution in [0.5, 0.6) is 0 Å². The standard InChI is InChI=1S/C18H34N2O2S/c1-14-15(8-6-11-23-14)19-12-18(5)9-7-10-20(13-18)16(21)22-17(2,3)4/h14-15,19H,6-13H2,1-5H3. The molecule has 3 unspecified atom stereocenters. The molecule has 1 N–H and O–H groups in total. The quantitative estimate of drug-likeness (QED) is 0.845. The summed E-state index contributed by atoms with van der Waals surface area (Å²) in [6.45, 7) is 13.0. The monoisotopic (exact) mass is 342 g/mol. The van der Waals surface area contributed by atoms with E-state index in [2.05, 4.69) is 30.9 Å². The molecule has 0 aliphatic carbocycles. The van der Waals surface area contributed by atoms with Crippen LogP contribution in [0.1, 0.15) is 60.3 Å². The molecule has 2 heterocycles. The largest absolute Gasteiger partial charge is 0.444 e. The third-order valence-electron chi connectivity index (χ3n) is 4.83. The number of likely N-dealkylation sites (tertiary alicyclic amines) is 1. The van der Waals surface area contributed by atoms with Gasteiger partial charge in [-0.25, -0.2) is 4.79 Å². The van der Waals surface area contributed by atoms with Crippen LogP contribution in [0.25, 0.3) is 0 Å². The first-order chi connectivity index (χ1) is 10.7. The molecule has 134 valence electrons. The summed E-state index contributed by atoms with van der Waals surface area (Å²) in [6, 6.07) is 0.613. The molecule has 0 bridgehead atoms. The molecule has 2 fully saturated rings. The summed E-state index contributed by atoms with van der Waals surface area (Å²) >= 11 is 2.08. The van der Waals surface area contributed by atoms with Gasteiger partial charge in [-0.1, -0.05) is 13.8 Å². The minimum Gasteiger partial charge on any atom is -0.444 e. The van der Waals surface area contributed by atoms with E-state index in [1.807, 2.05) is 25.7 Å². The van der Waals surface area contributed by atoms with Gasteiger partial charge in [0.2, 0.25) is 0 Å². The number of rotatable bonds is 3. The summed E-state index contributed by atoms with van der Waals surface area (Å²) in [6.07, 6.45) is 4.66. The zero-order chi connectivity index (χ0) is 17.1. The first kappa shape index (κ1) is 18.9. The van der Waals surface area contributed by atoms with Crippen molar-refractivity contribution in [3.05, 3.63) is 0 Å². The molecule has 0 aromatic rings. The van der Waals surface area contributed by atoms with Crippen LogP contribution in [0.4, 0.5) is 4.79 Å². The molecule has 3 atom stereocenters. The minimum atomic E-state index is -0.419. The Hall–Kier alpha value is -0.420. The van der Waals surface area contributed by atoms with E-state index in [0.29, 0.717) is 11.3 Å². The summed E-state index contributed by atoms with van der Waals surface area (Å²) in [5.41, 5.74) is -0.269. The number of piperidine rings is 1. The third-order valence-corrected chi connectivity index (χ3v) is 6.21. The van der Waals surface area contributed by atoms with E-state index in [1.54, 1.807) is 0 Å². The Morgan fingerprint density at radius 1 is 1.39 bits per heavy atom. The number of thioether (sulfide) groups is 1. The van der Waals surface area contributed by atoms with Gasteiger partial charge < -0.3 is 15.0 Å². The highest BCUT2D eigenvalue weighted by atomic mass is 32.2. The maximum atomic E-state index is 12.3. The summed E-state index contributed by atoms with van der Waals surface area (Å²) < 4.78 is 5.55.